The predicted octanol–water partition coefficient (Wildman–Crippen LogP) is 2.92. The number of ether oxygens (including phenoxy) is 1. The number of aromatic nitrogens is 4. The molecule has 0 aliphatic carbocycles. The number of rotatable bonds is 8. The van der Waals surface area contributed by atoms with Crippen LogP contribution in [0.4, 0.5) is 17.6 Å². The fourth-order valence-corrected chi connectivity index (χ4v) is 2.93. The smallest absolute Gasteiger partial charge is 0.423 e. The van der Waals surface area contributed by atoms with Crippen molar-refractivity contribution in [2.24, 2.45) is 0 Å². The number of nitrogens with zero attached hydrogens (tertiary/aromatic N) is 4. The molecule has 32 heavy (non-hydrogen) atoms. The second kappa shape index (κ2) is 9.65. The molecular weight excluding hydrogens is 458 g/mol. The molecule has 172 valence electrons. The standard InChI is InChI=1S/C19H18ClF4N5O3/c1-10(8-30)27-17(31)16-12-7-29(28-14(12)2-3-25-16)6-11-4-13(20)18(26-5-11)32-9-15(21)19(22,23)24/h2-5,7,10,15,30H,6,8-9H2,1H3,(H,27,31)/t10-,15?/m0/s1. The Morgan fingerprint density at radius 2 is 2.12 bits per heavy atom. The van der Waals surface area contributed by atoms with Crippen molar-refractivity contribution >= 4 is 28.4 Å². The minimum absolute atomic E-state index is 0.0895. The van der Waals surface area contributed by atoms with Crippen LogP contribution >= 0.6 is 11.6 Å². The third-order valence-electron chi connectivity index (χ3n) is 4.28. The molecule has 0 spiro atoms. The van der Waals surface area contributed by atoms with Crippen LogP contribution in [-0.4, -0.2) is 62.4 Å². The zero-order valence-corrected chi connectivity index (χ0v) is 17.4. The summed E-state index contributed by atoms with van der Waals surface area (Å²) in [6.07, 6.45) is -3.85. The quantitative estimate of drug-likeness (QED) is 0.486. The number of hydrogen-bond donors (Lipinski definition) is 2. The highest BCUT2D eigenvalue weighted by atomic mass is 35.5. The maximum absolute atomic E-state index is 13.0. The van der Waals surface area contributed by atoms with Gasteiger partial charge in [-0.3, -0.25) is 14.5 Å². The second-order valence-electron chi connectivity index (χ2n) is 6.93. The third-order valence-corrected chi connectivity index (χ3v) is 4.55. The van der Waals surface area contributed by atoms with Crippen LogP contribution in [0.25, 0.3) is 10.9 Å². The molecule has 3 aromatic heterocycles. The predicted molar refractivity (Wildman–Crippen MR) is 106 cm³/mol. The Bertz CT molecular complexity index is 1110. The summed E-state index contributed by atoms with van der Waals surface area (Å²) in [5.41, 5.74) is 1.18. The molecule has 0 saturated carbocycles. The van der Waals surface area contributed by atoms with Crippen molar-refractivity contribution in [1.82, 2.24) is 25.1 Å². The van der Waals surface area contributed by atoms with Crippen molar-refractivity contribution in [1.29, 1.82) is 0 Å². The molecule has 0 saturated heterocycles. The first-order chi connectivity index (χ1) is 15.1. The second-order valence-corrected chi connectivity index (χ2v) is 7.33. The van der Waals surface area contributed by atoms with Gasteiger partial charge in [-0.2, -0.15) is 18.3 Å². The molecule has 0 aliphatic rings. The zero-order valence-electron chi connectivity index (χ0n) is 16.6. The van der Waals surface area contributed by atoms with Gasteiger partial charge >= 0.3 is 6.18 Å². The number of pyridine rings is 2. The average molecular weight is 476 g/mol. The van der Waals surface area contributed by atoms with Crippen molar-refractivity contribution < 1.29 is 32.2 Å². The van der Waals surface area contributed by atoms with Crippen LogP contribution in [0.1, 0.15) is 23.0 Å². The van der Waals surface area contributed by atoms with Crippen LogP contribution in [0, 0.1) is 0 Å². The zero-order chi connectivity index (χ0) is 23.5. The summed E-state index contributed by atoms with van der Waals surface area (Å²) in [6.45, 7) is 0.329. The summed E-state index contributed by atoms with van der Waals surface area (Å²) in [7, 11) is 0. The Morgan fingerprint density at radius 1 is 1.38 bits per heavy atom. The van der Waals surface area contributed by atoms with E-state index in [1.807, 2.05) is 0 Å². The van der Waals surface area contributed by atoms with Crippen molar-refractivity contribution in [2.75, 3.05) is 13.2 Å². The molecule has 0 fully saturated rings. The Labute approximate surface area is 184 Å². The third kappa shape index (κ3) is 5.62. The number of halogens is 5. The number of carbonyl (C=O) groups excluding carboxylic acids is 1. The maximum atomic E-state index is 13.0. The lowest BCUT2D eigenvalue weighted by atomic mass is 10.2. The molecule has 8 nitrogen and oxygen atoms in total. The summed E-state index contributed by atoms with van der Waals surface area (Å²) < 4.78 is 56.0. The van der Waals surface area contributed by atoms with E-state index in [9.17, 15) is 22.4 Å². The number of amides is 1. The van der Waals surface area contributed by atoms with Gasteiger partial charge in [0.25, 0.3) is 5.91 Å². The Balaban J connectivity index is 1.75. The van der Waals surface area contributed by atoms with Gasteiger partial charge in [0.2, 0.25) is 12.1 Å². The van der Waals surface area contributed by atoms with E-state index in [0.717, 1.165) is 0 Å². The molecule has 2 N–H and O–H groups in total. The molecule has 13 heteroatoms. The van der Waals surface area contributed by atoms with Crippen LogP contribution in [-0.2, 0) is 6.54 Å². The monoisotopic (exact) mass is 475 g/mol. The SMILES string of the molecule is C[C@@H](CO)NC(=O)c1nccc2nn(Cc3cnc(OCC(F)C(F)(F)F)c(Cl)c3)cc12. The minimum atomic E-state index is -5.03. The van der Waals surface area contributed by atoms with Crippen molar-refractivity contribution in [3.63, 3.8) is 0 Å². The normalized spacial score (nSPS) is 13.7. The van der Waals surface area contributed by atoms with Crippen LogP contribution in [0.5, 0.6) is 5.88 Å². The van der Waals surface area contributed by atoms with Gasteiger partial charge in [0, 0.05) is 24.6 Å². The van der Waals surface area contributed by atoms with Crippen LogP contribution in [0.15, 0.2) is 30.7 Å². The molecule has 0 aromatic carbocycles. The van der Waals surface area contributed by atoms with E-state index in [-0.39, 0.29) is 29.7 Å². The Morgan fingerprint density at radius 3 is 2.78 bits per heavy atom. The van der Waals surface area contributed by atoms with Gasteiger partial charge in [0.05, 0.1) is 24.1 Å². The summed E-state index contributed by atoms with van der Waals surface area (Å²) in [5.74, 6) is -0.790. The van der Waals surface area contributed by atoms with E-state index in [0.29, 0.717) is 16.5 Å². The average Bonchev–Trinajstić information content (AvgIpc) is 3.14. The van der Waals surface area contributed by atoms with Gasteiger partial charge in [-0.25, -0.2) is 9.37 Å². The van der Waals surface area contributed by atoms with E-state index in [1.165, 1.54) is 23.1 Å². The fraction of sp³-hybridized carbons (Fsp3) is 0.368. The highest BCUT2D eigenvalue weighted by Gasteiger charge is 2.40. The van der Waals surface area contributed by atoms with Gasteiger partial charge in [-0.15, -0.1) is 0 Å². The minimum Gasteiger partial charge on any atom is -0.473 e. The van der Waals surface area contributed by atoms with E-state index in [2.05, 4.69) is 20.4 Å². The van der Waals surface area contributed by atoms with Crippen LogP contribution in [0.2, 0.25) is 5.02 Å². The number of alkyl halides is 4. The number of carbonyl (C=O) groups is 1. The lowest BCUT2D eigenvalue weighted by Crippen LogP contribution is -2.35. The number of hydrogen-bond acceptors (Lipinski definition) is 6. The van der Waals surface area contributed by atoms with E-state index in [4.69, 9.17) is 21.4 Å². The van der Waals surface area contributed by atoms with Gasteiger partial charge in [0.15, 0.2) is 0 Å². The topological polar surface area (TPSA) is 102 Å². The molecule has 1 amide bonds. The highest BCUT2D eigenvalue weighted by Crippen LogP contribution is 2.27. The number of fused-ring (bicyclic) bond motifs is 1. The lowest BCUT2D eigenvalue weighted by molar-refractivity contribution is -0.187. The number of aliphatic hydroxyl groups is 1. The highest BCUT2D eigenvalue weighted by molar-refractivity contribution is 6.31. The molecule has 3 rings (SSSR count). The fourth-order valence-electron chi connectivity index (χ4n) is 2.68. The van der Waals surface area contributed by atoms with Gasteiger partial charge in [-0.1, -0.05) is 11.6 Å². The van der Waals surface area contributed by atoms with E-state index < -0.39 is 30.9 Å². The van der Waals surface area contributed by atoms with Crippen molar-refractivity contribution in [3.05, 3.63) is 47.0 Å². The van der Waals surface area contributed by atoms with Crippen molar-refractivity contribution in [3.8, 4) is 5.88 Å². The molecule has 0 aliphatic heterocycles. The van der Waals surface area contributed by atoms with Crippen molar-refractivity contribution in [2.45, 2.75) is 31.9 Å². The van der Waals surface area contributed by atoms with Gasteiger partial charge in [-0.05, 0) is 24.6 Å². The Hall–Kier alpha value is -2.99. The molecular formula is C19H18ClF4N5O3. The molecule has 2 atom stereocenters. The first-order valence-corrected chi connectivity index (χ1v) is 9.68. The van der Waals surface area contributed by atoms with Crippen LogP contribution < -0.4 is 10.1 Å². The molecule has 1 unspecified atom stereocenters. The molecule has 0 bridgehead atoms. The maximum Gasteiger partial charge on any atom is 0.423 e. The molecule has 0 radical (unpaired) electrons. The molecule has 3 heterocycles. The van der Waals surface area contributed by atoms with Gasteiger partial charge < -0.3 is 15.2 Å². The van der Waals surface area contributed by atoms with E-state index >= 15 is 0 Å². The lowest BCUT2D eigenvalue weighted by Gasteiger charge is -2.13. The van der Waals surface area contributed by atoms with Crippen LogP contribution in [0.3, 0.4) is 0 Å². The number of nitrogens with one attached hydrogen (secondary N) is 1. The largest absolute Gasteiger partial charge is 0.473 e. The molecule has 3 aromatic rings. The van der Waals surface area contributed by atoms with Gasteiger partial charge in [0.1, 0.15) is 17.3 Å². The summed E-state index contributed by atoms with van der Waals surface area (Å²) in [4.78, 5) is 20.3. The summed E-state index contributed by atoms with van der Waals surface area (Å²) in [6, 6.07) is 2.58. The first-order valence-electron chi connectivity index (χ1n) is 9.30. The summed E-state index contributed by atoms with van der Waals surface area (Å²) >= 11 is 6.00. The van der Waals surface area contributed by atoms with E-state index in [1.54, 1.807) is 19.2 Å². The Kier molecular flexibility index (Phi) is 7.14. The summed E-state index contributed by atoms with van der Waals surface area (Å²) in [5, 5.41) is 16.5. The first kappa shape index (κ1) is 23.7. The number of aliphatic hydroxyl groups excluding tert-OH is 1.